The maximum atomic E-state index is 10.6. The third kappa shape index (κ3) is 2.32. The SMILES string of the molecule is C#N.O=C(O)c1ccc2ccccc2c1. The molecule has 0 heterocycles. The number of benzene rings is 2. The number of rotatable bonds is 1. The third-order valence-electron chi connectivity index (χ3n) is 2.00. The lowest BCUT2D eigenvalue weighted by Gasteiger charge is -1.98. The highest BCUT2D eigenvalue weighted by molar-refractivity contribution is 5.94. The van der Waals surface area contributed by atoms with Crippen molar-refractivity contribution < 1.29 is 9.90 Å². The molecule has 0 bridgehead atoms. The van der Waals surface area contributed by atoms with Gasteiger partial charge in [0, 0.05) is 6.57 Å². The van der Waals surface area contributed by atoms with Gasteiger partial charge in [-0.2, -0.15) is 0 Å². The van der Waals surface area contributed by atoms with Crippen molar-refractivity contribution in [1.82, 2.24) is 0 Å². The van der Waals surface area contributed by atoms with E-state index in [0.717, 1.165) is 10.8 Å². The number of hydrogen-bond donors (Lipinski definition) is 1. The lowest BCUT2D eigenvalue weighted by Crippen LogP contribution is -1.94. The monoisotopic (exact) mass is 199 g/mol. The first-order valence-electron chi connectivity index (χ1n) is 4.25. The molecule has 2 aromatic rings. The Labute approximate surface area is 87.2 Å². The number of aromatic carboxylic acids is 1. The van der Waals surface area contributed by atoms with Crippen molar-refractivity contribution in [1.29, 1.82) is 5.26 Å². The zero-order valence-corrected chi connectivity index (χ0v) is 7.92. The van der Waals surface area contributed by atoms with E-state index in [9.17, 15) is 4.79 Å². The molecule has 0 spiro atoms. The molecular weight excluding hydrogens is 190 g/mol. The molecule has 3 heteroatoms. The van der Waals surface area contributed by atoms with Crippen molar-refractivity contribution in [3.63, 3.8) is 0 Å². The van der Waals surface area contributed by atoms with Crippen molar-refractivity contribution in [3.8, 4) is 6.57 Å². The molecule has 74 valence electrons. The van der Waals surface area contributed by atoms with E-state index < -0.39 is 5.97 Å². The fourth-order valence-electron chi connectivity index (χ4n) is 1.32. The van der Waals surface area contributed by atoms with Gasteiger partial charge >= 0.3 is 5.97 Å². The summed E-state index contributed by atoms with van der Waals surface area (Å²) in [6, 6.07) is 12.8. The molecule has 0 amide bonds. The van der Waals surface area contributed by atoms with Gasteiger partial charge in [0.25, 0.3) is 0 Å². The Hall–Kier alpha value is -2.34. The minimum atomic E-state index is -0.884. The number of carbonyl (C=O) groups is 1. The molecule has 0 aliphatic heterocycles. The van der Waals surface area contributed by atoms with Gasteiger partial charge in [-0.15, -0.1) is 0 Å². The summed E-state index contributed by atoms with van der Waals surface area (Å²) in [5.41, 5.74) is 0.332. The molecule has 0 atom stereocenters. The predicted octanol–water partition coefficient (Wildman–Crippen LogP) is 2.68. The van der Waals surface area contributed by atoms with Gasteiger partial charge in [-0.1, -0.05) is 30.3 Å². The van der Waals surface area contributed by atoms with Crippen molar-refractivity contribution in [2.24, 2.45) is 0 Å². The molecule has 0 unspecified atom stereocenters. The van der Waals surface area contributed by atoms with Crippen LogP contribution in [0.4, 0.5) is 0 Å². The molecule has 3 nitrogen and oxygen atoms in total. The van der Waals surface area contributed by atoms with E-state index in [0.29, 0.717) is 5.56 Å². The summed E-state index contributed by atoms with van der Waals surface area (Å²) in [7, 11) is 0. The maximum Gasteiger partial charge on any atom is 0.335 e. The van der Waals surface area contributed by atoms with Crippen LogP contribution < -0.4 is 0 Å². The molecule has 0 fully saturated rings. The van der Waals surface area contributed by atoms with Crippen molar-refractivity contribution in [2.45, 2.75) is 0 Å². The first kappa shape index (κ1) is 10.7. The smallest absolute Gasteiger partial charge is 0.335 e. The van der Waals surface area contributed by atoms with E-state index in [-0.39, 0.29) is 0 Å². The van der Waals surface area contributed by atoms with Gasteiger partial charge in [0.05, 0.1) is 5.56 Å². The van der Waals surface area contributed by atoms with E-state index in [2.05, 4.69) is 6.57 Å². The third-order valence-corrected chi connectivity index (χ3v) is 2.00. The fourth-order valence-corrected chi connectivity index (χ4v) is 1.32. The van der Waals surface area contributed by atoms with E-state index in [4.69, 9.17) is 10.4 Å². The summed E-state index contributed by atoms with van der Waals surface area (Å²) in [5.74, 6) is -0.884. The van der Waals surface area contributed by atoms with Crippen LogP contribution in [0.5, 0.6) is 0 Å². The van der Waals surface area contributed by atoms with Crippen LogP contribution in [0.25, 0.3) is 10.8 Å². The van der Waals surface area contributed by atoms with Crippen LogP contribution in [0, 0.1) is 11.8 Å². The molecule has 0 saturated heterocycles. The second-order valence-corrected chi connectivity index (χ2v) is 2.87. The lowest BCUT2D eigenvalue weighted by atomic mass is 10.1. The van der Waals surface area contributed by atoms with Crippen molar-refractivity contribution in [2.75, 3.05) is 0 Å². The average molecular weight is 199 g/mol. The fraction of sp³-hybridized carbons (Fsp3) is 0. The summed E-state index contributed by atoms with van der Waals surface area (Å²) < 4.78 is 0. The number of fused-ring (bicyclic) bond motifs is 1. The molecule has 2 rings (SSSR count). The predicted molar refractivity (Wildman–Crippen MR) is 57.6 cm³/mol. The van der Waals surface area contributed by atoms with Crippen LogP contribution in [0.15, 0.2) is 42.5 Å². The highest BCUT2D eigenvalue weighted by Gasteiger charge is 2.01. The van der Waals surface area contributed by atoms with E-state index in [1.807, 2.05) is 30.3 Å². The Morgan fingerprint density at radius 3 is 2.27 bits per heavy atom. The summed E-state index contributed by atoms with van der Waals surface area (Å²) in [5, 5.41) is 17.3. The minimum Gasteiger partial charge on any atom is -0.478 e. The Morgan fingerprint density at radius 1 is 1.07 bits per heavy atom. The van der Waals surface area contributed by atoms with Gasteiger partial charge in [-0.05, 0) is 22.9 Å². The summed E-state index contributed by atoms with van der Waals surface area (Å²) in [4.78, 5) is 10.6. The number of carboxylic acids is 1. The molecule has 0 aromatic heterocycles. The number of nitrogens with zero attached hydrogens (tertiary/aromatic N) is 1. The Kier molecular flexibility index (Phi) is 3.42. The topological polar surface area (TPSA) is 61.1 Å². The van der Waals surface area contributed by atoms with Crippen molar-refractivity contribution >= 4 is 16.7 Å². The zero-order valence-electron chi connectivity index (χ0n) is 7.92. The van der Waals surface area contributed by atoms with E-state index in [1.54, 1.807) is 12.1 Å². The molecule has 15 heavy (non-hydrogen) atoms. The average Bonchev–Trinajstić information content (AvgIpc) is 2.31. The molecular formula is C12H9NO2. The second-order valence-electron chi connectivity index (χ2n) is 2.87. The van der Waals surface area contributed by atoms with Crippen LogP contribution in [-0.4, -0.2) is 11.1 Å². The highest BCUT2D eigenvalue weighted by atomic mass is 16.4. The minimum absolute atomic E-state index is 0.332. The largest absolute Gasteiger partial charge is 0.478 e. The van der Waals surface area contributed by atoms with Crippen LogP contribution in [0.3, 0.4) is 0 Å². The summed E-state index contributed by atoms with van der Waals surface area (Å²) in [6.45, 7) is 3.50. The first-order chi connectivity index (χ1) is 7.27. The van der Waals surface area contributed by atoms with Gasteiger partial charge in [0.1, 0.15) is 0 Å². The number of carboxylic acid groups (broad SMARTS) is 1. The Balaban J connectivity index is 0.000000531. The van der Waals surface area contributed by atoms with Crippen LogP contribution in [0.1, 0.15) is 10.4 Å². The Morgan fingerprint density at radius 2 is 1.67 bits per heavy atom. The van der Waals surface area contributed by atoms with Gasteiger partial charge in [0.15, 0.2) is 0 Å². The summed E-state index contributed by atoms with van der Waals surface area (Å²) in [6.07, 6.45) is 0. The highest BCUT2D eigenvalue weighted by Crippen LogP contribution is 2.15. The van der Waals surface area contributed by atoms with Gasteiger partial charge in [-0.25, -0.2) is 10.1 Å². The molecule has 0 aliphatic rings. The molecule has 1 N–H and O–H groups in total. The maximum absolute atomic E-state index is 10.6. The molecule has 0 aliphatic carbocycles. The normalized spacial score (nSPS) is 8.93. The van der Waals surface area contributed by atoms with Gasteiger partial charge < -0.3 is 5.11 Å². The van der Waals surface area contributed by atoms with Crippen LogP contribution >= 0.6 is 0 Å². The Bertz CT molecular complexity index is 503. The number of nitriles is 1. The van der Waals surface area contributed by atoms with E-state index >= 15 is 0 Å². The van der Waals surface area contributed by atoms with Gasteiger partial charge in [0.2, 0.25) is 0 Å². The quantitative estimate of drug-likeness (QED) is 0.768. The van der Waals surface area contributed by atoms with Gasteiger partial charge in [-0.3, -0.25) is 0 Å². The number of hydrogen-bond acceptors (Lipinski definition) is 2. The van der Waals surface area contributed by atoms with Crippen LogP contribution in [0.2, 0.25) is 0 Å². The molecule has 0 saturated carbocycles. The standard InChI is InChI=1S/C11H8O2.CHN/c12-11(13)10-6-5-8-3-1-2-4-9(8)7-10;1-2/h1-7H,(H,12,13);1H. The second kappa shape index (κ2) is 4.77. The van der Waals surface area contributed by atoms with Crippen molar-refractivity contribution in [3.05, 3.63) is 48.0 Å². The summed E-state index contributed by atoms with van der Waals surface area (Å²) >= 11 is 0. The molecule has 2 aromatic carbocycles. The van der Waals surface area contributed by atoms with Crippen LogP contribution in [-0.2, 0) is 0 Å². The molecule has 0 radical (unpaired) electrons. The van der Waals surface area contributed by atoms with E-state index in [1.165, 1.54) is 0 Å². The first-order valence-corrected chi connectivity index (χ1v) is 4.25. The zero-order chi connectivity index (χ0) is 11.3. The lowest BCUT2D eigenvalue weighted by molar-refractivity contribution is 0.0697.